The zero-order valence-corrected chi connectivity index (χ0v) is 19.3. The van der Waals surface area contributed by atoms with Gasteiger partial charge in [0.15, 0.2) is 6.61 Å². The molecule has 1 aromatic heterocycles. The van der Waals surface area contributed by atoms with Gasteiger partial charge in [0.2, 0.25) is 0 Å². The highest BCUT2D eigenvalue weighted by Gasteiger charge is 2.20. The average molecular weight is 418 g/mol. The first-order valence-corrected chi connectivity index (χ1v) is 10.3. The number of esters is 1. The van der Waals surface area contributed by atoms with E-state index in [4.69, 9.17) is 9.47 Å². The zero-order valence-electron chi connectivity index (χ0n) is 19.3. The number of amides is 1. The van der Waals surface area contributed by atoms with Crippen LogP contribution < -0.4 is 0 Å². The maximum absolute atomic E-state index is 12.5. The van der Waals surface area contributed by atoms with Crippen molar-refractivity contribution in [2.45, 2.75) is 48.1 Å². The molecule has 1 amide bonds. The topological polar surface area (TPSA) is 84.6 Å². The molecule has 0 atom stereocenters. The Hall–Kier alpha value is -2.59. The Morgan fingerprint density at radius 1 is 1.20 bits per heavy atom. The summed E-state index contributed by atoms with van der Waals surface area (Å²) in [5.74, 6) is -0.417. The molecule has 166 valence electrons. The molecule has 7 nitrogen and oxygen atoms in total. The van der Waals surface area contributed by atoms with Crippen LogP contribution in [-0.2, 0) is 25.6 Å². The van der Waals surface area contributed by atoms with Crippen LogP contribution in [0.2, 0.25) is 0 Å². The molecule has 1 aromatic rings. The molecule has 0 unspecified atom stereocenters. The number of nitrogens with zero attached hydrogens (tertiary/aromatic N) is 3. The number of carbonyl (C=O) groups is 2. The number of ether oxygens (including phenoxy) is 2. The minimum Gasteiger partial charge on any atom is -0.451 e. The van der Waals surface area contributed by atoms with Crippen LogP contribution in [0.5, 0.6) is 0 Å². The lowest BCUT2D eigenvalue weighted by Gasteiger charge is -2.26. The molecular formula is C23H35N3O4. The fourth-order valence-electron chi connectivity index (χ4n) is 3.25. The van der Waals surface area contributed by atoms with Gasteiger partial charge in [0.05, 0.1) is 6.61 Å². The van der Waals surface area contributed by atoms with E-state index in [0.29, 0.717) is 38.1 Å². The second-order valence-electron chi connectivity index (χ2n) is 8.30. The molecule has 30 heavy (non-hydrogen) atoms. The molecule has 0 saturated heterocycles. The van der Waals surface area contributed by atoms with Gasteiger partial charge in [-0.1, -0.05) is 27.7 Å². The molecule has 0 aromatic carbocycles. The number of nitriles is 1. The number of aryl methyl sites for hydroxylation is 1. The van der Waals surface area contributed by atoms with Crippen LogP contribution in [0.25, 0.3) is 6.08 Å². The summed E-state index contributed by atoms with van der Waals surface area (Å²) in [5.41, 5.74) is 2.58. The van der Waals surface area contributed by atoms with Gasteiger partial charge >= 0.3 is 5.97 Å². The van der Waals surface area contributed by atoms with Crippen LogP contribution in [0.15, 0.2) is 11.6 Å². The first-order valence-electron chi connectivity index (χ1n) is 10.3. The molecular weight excluding hydrogens is 382 g/mol. The van der Waals surface area contributed by atoms with E-state index < -0.39 is 5.97 Å². The summed E-state index contributed by atoms with van der Waals surface area (Å²) < 4.78 is 12.4. The highest BCUT2D eigenvalue weighted by Crippen LogP contribution is 2.19. The van der Waals surface area contributed by atoms with Crippen molar-refractivity contribution in [2.75, 3.05) is 33.4 Å². The highest BCUT2D eigenvalue weighted by atomic mass is 16.5. The number of aromatic nitrogens is 1. The number of rotatable bonds is 11. The van der Waals surface area contributed by atoms with Gasteiger partial charge in [0, 0.05) is 38.1 Å². The van der Waals surface area contributed by atoms with Gasteiger partial charge in [-0.15, -0.1) is 0 Å². The minimum atomic E-state index is -0.790. The highest BCUT2D eigenvalue weighted by molar-refractivity contribution is 5.99. The quantitative estimate of drug-likeness (QED) is 0.313. The third-order valence-electron chi connectivity index (χ3n) is 4.62. The maximum Gasteiger partial charge on any atom is 0.349 e. The molecule has 0 radical (unpaired) electrons. The van der Waals surface area contributed by atoms with E-state index in [1.54, 1.807) is 12.0 Å². The van der Waals surface area contributed by atoms with E-state index in [9.17, 15) is 14.9 Å². The van der Waals surface area contributed by atoms with E-state index >= 15 is 0 Å². The Kier molecular flexibility index (Phi) is 10.3. The van der Waals surface area contributed by atoms with Gasteiger partial charge < -0.3 is 18.9 Å². The van der Waals surface area contributed by atoms with Gasteiger partial charge in [0.25, 0.3) is 5.91 Å². The molecule has 0 N–H and O–H groups in total. The molecule has 0 aliphatic carbocycles. The lowest BCUT2D eigenvalue weighted by Crippen LogP contribution is -2.39. The van der Waals surface area contributed by atoms with E-state index in [-0.39, 0.29) is 18.1 Å². The Morgan fingerprint density at radius 3 is 2.30 bits per heavy atom. The summed E-state index contributed by atoms with van der Waals surface area (Å²) in [5, 5.41) is 9.44. The summed E-state index contributed by atoms with van der Waals surface area (Å²) in [6, 6.07) is 3.81. The first kappa shape index (κ1) is 25.4. The van der Waals surface area contributed by atoms with Gasteiger partial charge in [0.1, 0.15) is 11.6 Å². The van der Waals surface area contributed by atoms with Gasteiger partial charge in [-0.25, -0.2) is 4.79 Å². The Morgan fingerprint density at radius 2 is 1.80 bits per heavy atom. The smallest absolute Gasteiger partial charge is 0.349 e. The second kappa shape index (κ2) is 12.2. The fourth-order valence-corrected chi connectivity index (χ4v) is 3.25. The van der Waals surface area contributed by atoms with Crippen molar-refractivity contribution in [3.8, 4) is 6.07 Å². The molecule has 0 saturated carbocycles. The van der Waals surface area contributed by atoms with Gasteiger partial charge in [-0.3, -0.25) is 4.79 Å². The van der Waals surface area contributed by atoms with Gasteiger partial charge in [-0.05, 0) is 43.4 Å². The Labute approximate surface area is 180 Å². The number of methoxy groups -OCH3 is 1. The summed E-state index contributed by atoms with van der Waals surface area (Å²) in [6.45, 7) is 14.1. The summed E-state index contributed by atoms with van der Waals surface area (Å²) in [4.78, 5) is 26.6. The van der Waals surface area contributed by atoms with Crippen molar-refractivity contribution in [3.63, 3.8) is 0 Å². The van der Waals surface area contributed by atoms with Crippen LogP contribution in [0.3, 0.4) is 0 Å². The first-order chi connectivity index (χ1) is 14.1. The molecule has 0 spiro atoms. The van der Waals surface area contributed by atoms with Crippen LogP contribution in [-0.4, -0.2) is 54.8 Å². The van der Waals surface area contributed by atoms with E-state index in [1.807, 2.05) is 53.7 Å². The van der Waals surface area contributed by atoms with E-state index in [0.717, 1.165) is 17.0 Å². The molecule has 0 fully saturated rings. The zero-order chi connectivity index (χ0) is 22.8. The van der Waals surface area contributed by atoms with Crippen molar-refractivity contribution in [1.82, 2.24) is 9.47 Å². The molecule has 1 rings (SSSR count). The van der Waals surface area contributed by atoms with Crippen LogP contribution in [0.1, 0.15) is 44.6 Å². The third kappa shape index (κ3) is 7.68. The van der Waals surface area contributed by atoms with Crippen molar-refractivity contribution in [2.24, 2.45) is 11.8 Å². The predicted molar refractivity (Wildman–Crippen MR) is 117 cm³/mol. The second-order valence-corrected chi connectivity index (χ2v) is 8.30. The van der Waals surface area contributed by atoms with E-state index in [2.05, 4.69) is 4.57 Å². The van der Waals surface area contributed by atoms with E-state index in [1.165, 1.54) is 6.08 Å². The largest absolute Gasteiger partial charge is 0.451 e. The van der Waals surface area contributed by atoms with Crippen LogP contribution in [0.4, 0.5) is 0 Å². The molecule has 0 aliphatic rings. The van der Waals surface area contributed by atoms with Crippen molar-refractivity contribution in [3.05, 3.63) is 28.6 Å². The lowest BCUT2D eigenvalue weighted by molar-refractivity contribution is -0.149. The Balaban J connectivity index is 2.88. The standard InChI is InChI=1S/C23H35N3O4/c1-16(2)13-25(14-17(3)4)22(27)15-30-23(28)21(12-24)11-20-10-18(5)26(19(20)6)8-9-29-7/h10-11,16-17H,8-9,13-15H2,1-7H3/b21-11+. The fraction of sp³-hybridized carbons (Fsp3) is 0.609. The average Bonchev–Trinajstić information content (AvgIpc) is 2.93. The minimum absolute atomic E-state index is 0.130. The number of carbonyl (C=O) groups excluding carboxylic acids is 2. The molecule has 0 bridgehead atoms. The Bertz CT molecular complexity index is 790. The summed E-state index contributed by atoms with van der Waals surface area (Å²) >= 11 is 0. The lowest BCUT2D eigenvalue weighted by atomic mass is 10.1. The van der Waals surface area contributed by atoms with Gasteiger partial charge in [-0.2, -0.15) is 5.26 Å². The molecule has 7 heteroatoms. The monoisotopic (exact) mass is 417 g/mol. The molecule has 0 aliphatic heterocycles. The number of hydrogen-bond acceptors (Lipinski definition) is 5. The van der Waals surface area contributed by atoms with Crippen LogP contribution >= 0.6 is 0 Å². The van der Waals surface area contributed by atoms with Crippen molar-refractivity contribution < 1.29 is 19.1 Å². The SMILES string of the molecule is COCCn1c(C)cc(/C=C(\C#N)C(=O)OCC(=O)N(CC(C)C)CC(C)C)c1C. The van der Waals surface area contributed by atoms with Crippen molar-refractivity contribution >= 4 is 18.0 Å². The predicted octanol–water partition coefficient (Wildman–Crippen LogP) is 3.34. The summed E-state index contributed by atoms with van der Waals surface area (Å²) in [6.07, 6.45) is 1.51. The van der Waals surface area contributed by atoms with Crippen molar-refractivity contribution in [1.29, 1.82) is 5.26 Å². The maximum atomic E-state index is 12.5. The normalized spacial score (nSPS) is 11.7. The number of hydrogen-bond donors (Lipinski definition) is 0. The summed E-state index contributed by atoms with van der Waals surface area (Å²) in [7, 11) is 1.64. The van der Waals surface area contributed by atoms with Crippen LogP contribution in [0, 0.1) is 37.0 Å². The molecule has 1 heterocycles. The third-order valence-corrected chi connectivity index (χ3v) is 4.62.